The molecule has 1 atom stereocenters. The standard InChI is InChI=1S/C11H16N2O4/c1-2-12-9(14)10(15)13(11(12)16)7-8-5-3-4-6-17-8/h8H,2-7H2,1H3. The number of hydrogen-bond donors (Lipinski definition) is 0. The van der Waals surface area contributed by atoms with Crippen LogP contribution in [0.4, 0.5) is 4.79 Å². The average molecular weight is 240 g/mol. The molecule has 2 rings (SSSR count). The van der Waals surface area contributed by atoms with Crippen LogP contribution in [0.15, 0.2) is 0 Å². The van der Waals surface area contributed by atoms with Gasteiger partial charge in [0.25, 0.3) is 0 Å². The van der Waals surface area contributed by atoms with Crippen molar-refractivity contribution in [1.82, 2.24) is 9.80 Å². The summed E-state index contributed by atoms with van der Waals surface area (Å²) in [6.45, 7) is 2.75. The maximum absolute atomic E-state index is 11.8. The van der Waals surface area contributed by atoms with Crippen LogP contribution in [0, 0.1) is 0 Å². The van der Waals surface area contributed by atoms with Gasteiger partial charge in [0.1, 0.15) is 0 Å². The Labute approximate surface area is 99.5 Å². The van der Waals surface area contributed by atoms with Crippen LogP contribution in [-0.2, 0) is 14.3 Å². The number of carbonyl (C=O) groups excluding carboxylic acids is 3. The number of hydrogen-bond acceptors (Lipinski definition) is 4. The number of amides is 4. The molecule has 0 aromatic carbocycles. The number of nitrogens with zero attached hydrogens (tertiary/aromatic N) is 2. The summed E-state index contributed by atoms with van der Waals surface area (Å²) in [5, 5.41) is 0. The number of imide groups is 2. The largest absolute Gasteiger partial charge is 0.376 e. The Morgan fingerprint density at radius 3 is 2.41 bits per heavy atom. The third kappa shape index (κ3) is 2.17. The molecule has 2 aliphatic heterocycles. The van der Waals surface area contributed by atoms with E-state index in [4.69, 9.17) is 4.74 Å². The zero-order chi connectivity index (χ0) is 12.4. The first-order valence-corrected chi connectivity index (χ1v) is 5.94. The smallest absolute Gasteiger partial charge is 0.334 e. The number of urea groups is 1. The van der Waals surface area contributed by atoms with E-state index >= 15 is 0 Å². The van der Waals surface area contributed by atoms with Crippen molar-refractivity contribution in [3.63, 3.8) is 0 Å². The van der Waals surface area contributed by atoms with Gasteiger partial charge in [0, 0.05) is 13.2 Å². The molecule has 1 unspecified atom stereocenters. The molecule has 6 nitrogen and oxygen atoms in total. The molecule has 2 heterocycles. The van der Waals surface area contributed by atoms with Crippen molar-refractivity contribution < 1.29 is 19.1 Å². The van der Waals surface area contributed by atoms with E-state index in [1.54, 1.807) is 6.92 Å². The van der Waals surface area contributed by atoms with Crippen molar-refractivity contribution in [1.29, 1.82) is 0 Å². The van der Waals surface area contributed by atoms with Gasteiger partial charge in [-0.25, -0.2) is 4.79 Å². The van der Waals surface area contributed by atoms with Gasteiger partial charge in [0.2, 0.25) is 0 Å². The third-order valence-corrected chi connectivity index (χ3v) is 3.11. The molecule has 0 spiro atoms. The monoisotopic (exact) mass is 240 g/mol. The summed E-state index contributed by atoms with van der Waals surface area (Å²) in [5.74, 6) is -1.46. The molecule has 6 heteroatoms. The van der Waals surface area contributed by atoms with Gasteiger partial charge in [0.15, 0.2) is 0 Å². The minimum atomic E-state index is -0.731. The molecule has 2 saturated heterocycles. The summed E-state index contributed by atoms with van der Waals surface area (Å²) in [6, 6.07) is -0.517. The van der Waals surface area contributed by atoms with Gasteiger partial charge in [-0.15, -0.1) is 0 Å². The van der Waals surface area contributed by atoms with E-state index < -0.39 is 17.8 Å². The molecule has 0 N–H and O–H groups in total. The third-order valence-electron chi connectivity index (χ3n) is 3.11. The highest BCUT2D eigenvalue weighted by Gasteiger charge is 2.44. The molecule has 2 aliphatic rings. The summed E-state index contributed by atoms with van der Waals surface area (Å²) in [7, 11) is 0. The lowest BCUT2D eigenvalue weighted by Crippen LogP contribution is -2.40. The number of likely N-dealkylation sites (N-methyl/N-ethyl adjacent to an activating group) is 1. The molecule has 2 fully saturated rings. The summed E-state index contributed by atoms with van der Waals surface area (Å²) in [6.07, 6.45) is 2.75. The van der Waals surface area contributed by atoms with E-state index in [0.29, 0.717) is 6.61 Å². The second kappa shape index (κ2) is 4.83. The Balaban J connectivity index is 2.03. The lowest BCUT2D eigenvalue weighted by Gasteiger charge is -2.25. The van der Waals surface area contributed by atoms with Crippen LogP contribution in [0.2, 0.25) is 0 Å². The fourth-order valence-corrected chi connectivity index (χ4v) is 2.15. The van der Waals surface area contributed by atoms with Gasteiger partial charge in [-0.1, -0.05) is 0 Å². The number of carbonyl (C=O) groups is 3. The van der Waals surface area contributed by atoms with E-state index in [-0.39, 0.29) is 19.2 Å². The number of ether oxygens (including phenoxy) is 1. The van der Waals surface area contributed by atoms with E-state index in [1.807, 2.05) is 0 Å². The van der Waals surface area contributed by atoms with Gasteiger partial charge in [-0.2, -0.15) is 0 Å². The molecule has 0 aromatic heterocycles. The quantitative estimate of drug-likeness (QED) is 0.528. The second-order valence-electron chi connectivity index (χ2n) is 4.24. The molecule has 4 amide bonds. The normalized spacial score (nSPS) is 25.9. The first kappa shape index (κ1) is 12.0. The molecule has 0 bridgehead atoms. The highest BCUT2D eigenvalue weighted by Crippen LogP contribution is 2.18. The van der Waals surface area contributed by atoms with Crippen molar-refractivity contribution in [2.75, 3.05) is 19.7 Å². The SMILES string of the molecule is CCN1C(=O)C(=O)N(CC2CCCCO2)C1=O. The molecule has 94 valence electrons. The van der Waals surface area contributed by atoms with Crippen molar-refractivity contribution in [3.8, 4) is 0 Å². The van der Waals surface area contributed by atoms with Crippen LogP contribution in [0.5, 0.6) is 0 Å². The Bertz CT molecular complexity index is 349. The Morgan fingerprint density at radius 2 is 1.88 bits per heavy atom. The van der Waals surface area contributed by atoms with Crippen molar-refractivity contribution in [2.24, 2.45) is 0 Å². The summed E-state index contributed by atoms with van der Waals surface area (Å²) in [5.41, 5.74) is 0. The Morgan fingerprint density at radius 1 is 1.18 bits per heavy atom. The molecule has 0 aliphatic carbocycles. The van der Waals surface area contributed by atoms with Gasteiger partial charge < -0.3 is 4.74 Å². The fourth-order valence-electron chi connectivity index (χ4n) is 2.15. The fraction of sp³-hybridized carbons (Fsp3) is 0.727. The van der Waals surface area contributed by atoms with E-state index in [2.05, 4.69) is 0 Å². The molecule has 0 saturated carbocycles. The van der Waals surface area contributed by atoms with Gasteiger partial charge in [-0.3, -0.25) is 19.4 Å². The van der Waals surface area contributed by atoms with Crippen molar-refractivity contribution in [3.05, 3.63) is 0 Å². The first-order valence-electron chi connectivity index (χ1n) is 5.94. The topological polar surface area (TPSA) is 66.9 Å². The highest BCUT2D eigenvalue weighted by molar-refractivity contribution is 6.44. The summed E-state index contributed by atoms with van der Waals surface area (Å²) in [4.78, 5) is 36.8. The Kier molecular flexibility index (Phi) is 3.42. The van der Waals surface area contributed by atoms with E-state index in [9.17, 15) is 14.4 Å². The molecule has 0 radical (unpaired) electrons. The summed E-state index contributed by atoms with van der Waals surface area (Å²) >= 11 is 0. The predicted octanol–water partition coefficient (Wildman–Crippen LogP) is 0.366. The second-order valence-corrected chi connectivity index (χ2v) is 4.24. The van der Waals surface area contributed by atoms with E-state index in [0.717, 1.165) is 29.1 Å². The van der Waals surface area contributed by atoms with Gasteiger partial charge in [0.05, 0.1) is 12.6 Å². The molecular formula is C11H16N2O4. The van der Waals surface area contributed by atoms with E-state index in [1.165, 1.54) is 0 Å². The zero-order valence-electron chi connectivity index (χ0n) is 9.85. The lowest BCUT2D eigenvalue weighted by atomic mass is 10.1. The summed E-state index contributed by atoms with van der Waals surface area (Å²) < 4.78 is 5.46. The van der Waals surface area contributed by atoms with Crippen LogP contribution in [0.1, 0.15) is 26.2 Å². The predicted molar refractivity (Wildman–Crippen MR) is 58.1 cm³/mol. The first-order chi connectivity index (χ1) is 8.15. The van der Waals surface area contributed by atoms with Gasteiger partial charge >= 0.3 is 17.8 Å². The molecule has 17 heavy (non-hydrogen) atoms. The van der Waals surface area contributed by atoms with Crippen LogP contribution < -0.4 is 0 Å². The van der Waals surface area contributed by atoms with Crippen LogP contribution in [-0.4, -0.2) is 53.4 Å². The van der Waals surface area contributed by atoms with Crippen LogP contribution >= 0.6 is 0 Å². The minimum absolute atomic E-state index is 0.124. The van der Waals surface area contributed by atoms with Crippen LogP contribution in [0.3, 0.4) is 0 Å². The zero-order valence-corrected chi connectivity index (χ0v) is 9.85. The maximum atomic E-state index is 11.8. The number of rotatable bonds is 3. The van der Waals surface area contributed by atoms with Crippen molar-refractivity contribution >= 4 is 17.8 Å². The highest BCUT2D eigenvalue weighted by atomic mass is 16.5. The molecule has 0 aromatic rings. The van der Waals surface area contributed by atoms with Crippen LogP contribution in [0.25, 0.3) is 0 Å². The Hall–Kier alpha value is -1.43. The molecular weight excluding hydrogens is 224 g/mol. The lowest BCUT2D eigenvalue weighted by molar-refractivity contribution is -0.144. The minimum Gasteiger partial charge on any atom is -0.376 e. The maximum Gasteiger partial charge on any atom is 0.334 e. The van der Waals surface area contributed by atoms with Crippen molar-refractivity contribution in [2.45, 2.75) is 32.3 Å². The average Bonchev–Trinajstić information content (AvgIpc) is 2.55. The van der Waals surface area contributed by atoms with Gasteiger partial charge in [-0.05, 0) is 26.2 Å².